The molecule has 7 heteroatoms. The lowest BCUT2D eigenvalue weighted by molar-refractivity contribution is -0.384. The summed E-state index contributed by atoms with van der Waals surface area (Å²) in [6.45, 7) is 0. The average molecular weight is 328 g/mol. The highest BCUT2D eigenvalue weighted by Gasteiger charge is 2.12. The molecule has 20 heavy (non-hydrogen) atoms. The summed E-state index contributed by atoms with van der Waals surface area (Å²) in [4.78, 5) is 22.5. The van der Waals surface area contributed by atoms with E-state index in [9.17, 15) is 14.9 Å². The van der Waals surface area contributed by atoms with Gasteiger partial charge in [-0.2, -0.15) is 0 Å². The minimum absolute atomic E-state index is 0.0588. The maximum absolute atomic E-state index is 11.8. The Balaban J connectivity index is 2.21. The van der Waals surface area contributed by atoms with Crippen molar-refractivity contribution >= 4 is 52.1 Å². The number of rotatable bonds is 4. The lowest BCUT2D eigenvalue weighted by Gasteiger charge is -1.97. The molecular weight excluding hydrogens is 321 g/mol. The second-order valence-electron chi connectivity index (χ2n) is 3.77. The predicted octanol–water partition coefficient (Wildman–Crippen LogP) is 4.86. The number of hydrogen-bond donors (Lipinski definition) is 0. The molecule has 102 valence electrons. The van der Waals surface area contributed by atoms with Crippen LogP contribution in [0.1, 0.15) is 15.2 Å². The van der Waals surface area contributed by atoms with E-state index in [1.165, 1.54) is 35.6 Å². The smallest absolute Gasteiger partial charge is 0.288 e. The topological polar surface area (TPSA) is 60.2 Å². The third-order valence-electron chi connectivity index (χ3n) is 2.41. The fourth-order valence-corrected chi connectivity index (χ4v) is 2.62. The van der Waals surface area contributed by atoms with Gasteiger partial charge >= 0.3 is 0 Å². The van der Waals surface area contributed by atoms with Crippen molar-refractivity contribution in [1.82, 2.24) is 0 Å². The lowest BCUT2D eigenvalue weighted by Crippen LogP contribution is -1.91. The summed E-state index contributed by atoms with van der Waals surface area (Å²) < 4.78 is 0.531. The van der Waals surface area contributed by atoms with Crippen molar-refractivity contribution in [2.45, 2.75) is 0 Å². The van der Waals surface area contributed by atoms with Gasteiger partial charge in [0, 0.05) is 6.07 Å². The van der Waals surface area contributed by atoms with Crippen LogP contribution in [0.25, 0.3) is 6.08 Å². The molecule has 0 radical (unpaired) electrons. The van der Waals surface area contributed by atoms with Crippen LogP contribution in [0.3, 0.4) is 0 Å². The van der Waals surface area contributed by atoms with Crippen LogP contribution < -0.4 is 0 Å². The van der Waals surface area contributed by atoms with E-state index >= 15 is 0 Å². The van der Waals surface area contributed by atoms with Gasteiger partial charge in [0.15, 0.2) is 5.78 Å². The van der Waals surface area contributed by atoms with Gasteiger partial charge < -0.3 is 0 Å². The predicted molar refractivity (Wildman–Crippen MR) is 80.8 cm³/mol. The summed E-state index contributed by atoms with van der Waals surface area (Å²) in [5.41, 5.74) is 0.331. The third kappa shape index (κ3) is 3.45. The number of benzene rings is 1. The van der Waals surface area contributed by atoms with Crippen molar-refractivity contribution in [3.8, 4) is 0 Å². The summed E-state index contributed by atoms with van der Waals surface area (Å²) >= 11 is 12.6. The molecule has 0 spiro atoms. The lowest BCUT2D eigenvalue weighted by atomic mass is 10.1. The van der Waals surface area contributed by atoms with E-state index in [0.717, 1.165) is 0 Å². The number of nitrogens with zero attached hydrogens (tertiary/aromatic N) is 1. The number of carbonyl (C=O) groups excluding carboxylic acids is 1. The molecule has 0 atom stereocenters. The molecule has 2 rings (SSSR count). The van der Waals surface area contributed by atoms with Crippen LogP contribution in [0.2, 0.25) is 9.36 Å². The normalized spacial score (nSPS) is 10.9. The second-order valence-corrected chi connectivity index (χ2v) is 5.89. The Labute approximate surface area is 128 Å². The molecule has 0 aliphatic rings. The van der Waals surface area contributed by atoms with Crippen molar-refractivity contribution < 1.29 is 9.72 Å². The van der Waals surface area contributed by atoms with Crippen LogP contribution in [0.15, 0.2) is 36.4 Å². The second kappa shape index (κ2) is 6.17. The number of nitro benzene ring substituents is 1. The van der Waals surface area contributed by atoms with Gasteiger partial charge in [0.1, 0.15) is 5.02 Å². The zero-order valence-electron chi connectivity index (χ0n) is 9.88. The zero-order valence-corrected chi connectivity index (χ0v) is 12.2. The number of hydrogen-bond acceptors (Lipinski definition) is 4. The Morgan fingerprint density at radius 3 is 2.60 bits per heavy atom. The first kappa shape index (κ1) is 14.7. The number of halogens is 2. The van der Waals surface area contributed by atoms with Gasteiger partial charge in [-0.15, -0.1) is 11.3 Å². The Morgan fingerprint density at radius 2 is 2.00 bits per heavy atom. The molecule has 0 fully saturated rings. The highest BCUT2D eigenvalue weighted by atomic mass is 35.5. The maximum Gasteiger partial charge on any atom is 0.288 e. The van der Waals surface area contributed by atoms with E-state index in [-0.39, 0.29) is 16.5 Å². The zero-order chi connectivity index (χ0) is 14.7. The molecule has 0 aliphatic heterocycles. The Hall–Kier alpha value is -1.69. The summed E-state index contributed by atoms with van der Waals surface area (Å²) in [5, 5.41) is 10.8. The van der Waals surface area contributed by atoms with Gasteiger partial charge in [0.2, 0.25) is 0 Å². The standard InChI is InChI=1S/C13H7Cl2NO3S/c14-9-3-1-8(7-10(9)16(18)19)2-4-11(17)12-5-6-13(15)20-12/h1-7H/b4-2+. The largest absolute Gasteiger partial charge is 0.288 e. The Kier molecular flexibility index (Phi) is 4.54. The van der Waals surface area contributed by atoms with E-state index in [1.807, 2.05) is 0 Å². The van der Waals surface area contributed by atoms with Gasteiger partial charge in [-0.3, -0.25) is 14.9 Å². The van der Waals surface area contributed by atoms with Crippen LogP contribution in [0.4, 0.5) is 5.69 Å². The molecule has 0 saturated heterocycles. The first-order valence-electron chi connectivity index (χ1n) is 5.39. The molecule has 0 unspecified atom stereocenters. The highest BCUT2D eigenvalue weighted by molar-refractivity contribution is 7.18. The monoisotopic (exact) mass is 327 g/mol. The van der Waals surface area contributed by atoms with E-state index in [4.69, 9.17) is 23.2 Å². The molecule has 1 heterocycles. The van der Waals surface area contributed by atoms with E-state index < -0.39 is 4.92 Å². The number of ketones is 1. The van der Waals surface area contributed by atoms with Gasteiger partial charge in [-0.25, -0.2) is 0 Å². The Morgan fingerprint density at radius 1 is 1.25 bits per heavy atom. The number of nitro groups is 1. The molecule has 1 aromatic heterocycles. The van der Waals surface area contributed by atoms with Crippen LogP contribution in [0, 0.1) is 10.1 Å². The fourth-order valence-electron chi connectivity index (χ4n) is 1.47. The molecule has 1 aromatic carbocycles. The summed E-state index contributed by atoms with van der Waals surface area (Å²) in [5.74, 6) is -0.209. The van der Waals surface area contributed by atoms with Gasteiger partial charge in [-0.05, 0) is 29.8 Å². The third-order valence-corrected chi connectivity index (χ3v) is 3.98. The van der Waals surface area contributed by atoms with E-state index in [1.54, 1.807) is 18.2 Å². The summed E-state index contributed by atoms with van der Waals surface area (Å²) in [6.07, 6.45) is 2.84. The quantitative estimate of drug-likeness (QED) is 0.348. The summed E-state index contributed by atoms with van der Waals surface area (Å²) in [6, 6.07) is 7.60. The van der Waals surface area contributed by atoms with Crippen LogP contribution in [-0.2, 0) is 0 Å². The van der Waals surface area contributed by atoms with Gasteiger partial charge in [0.25, 0.3) is 5.69 Å². The maximum atomic E-state index is 11.8. The molecule has 0 N–H and O–H groups in total. The molecule has 4 nitrogen and oxygen atoms in total. The summed E-state index contributed by atoms with van der Waals surface area (Å²) in [7, 11) is 0. The minimum Gasteiger partial charge on any atom is -0.288 e. The van der Waals surface area contributed by atoms with Crippen molar-refractivity contribution in [3.05, 3.63) is 66.3 Å². The molecular formula is C13H7Cl2NO3S. The van der Waals surface area contributed by atoms with Crippen LogP contribution in [0.5, 0.6) is 0 Å². The molecule has 0 bridgehead atoms. The first-order chi connectivity index (χ1) is 9.47. The van der Waals surface area contributed by atoms with Crippen molar-refractivity contribution in [3.63, 3.8) is 0 Å². The molecule has 0 saturated carbocycles. The van der Waals surface area contributed by atoms with Crippen molar-refractivity contribution in [2.75, 3.05) is 0 Å². The number of allylic oxidation sites excluding steroid dienone is 1. The minimum atomic E-state index is -0.569. The highest BCUT2D eigenvalue weighted by Crippen LogP contribution is 2.26. The SMILES string of the molecule is O=C(/C=C/c1ccc(Cl)c([N+](=O)[O-])c1)c1ccc(Cl)s1. The first-order valence-corrected chi connectivity index (χ1v) is 6.96. The average Bonchev–Trinajstić information content (AvgIpc) is 2.84. The fraction of sp³-hybridized carbons (Fsp3) is 0. The molecule has 0 aliphatic carbocycles. The van der Waals surface area contributed by atoms with Crippen molar-refractivity contribution in [1.29, 1.82) is 0 Å². The van der Waals surface area contributed by atoms with E-state index in [0.29, 0.717) is 14.8 Å². The van der Waals surface area contributed by atoms with Crippen molar-refractivity contribution in [2.24, 2.45) is 0 Å². The number of carbonyl (C=O) groups is 1. The Bertz CT molecular complexity index is 709. The van der Waals surface area contributed by atoms with E-state index in [2.05, 4.69) is 0 Å². The number of thiophene rings is 1. The van der Waals surface area contributed by atoms with Crippen LogP contribution >= 0.6 is 34.5 Å². The molecule has 0 amide bonds. The van der Waals surface area contributed by atoms with Crippen LogP contribution in [-0.4, -0.2) is 10.7 Å². The van der Waals surface area contributed by atoms with Gasteiger partial charge in [0.05, 0.1) is 14.1 Å². The van der Waals surface area contributed by atoms with Gasteiger partial charge in [-0.1, -0.05) is 35.3 Å². The molecule has 2 aromatic rings.